The lowest BCUT2D eigenvalue weighted by molar-refractivity contribution is 0.210. The molecule has 5 aromatic rings. The molecule has 172 valence electrons. The maximum Gasteiger partial charge on any atom is 0.274 e. The van der Waals surface area contributed by atoms with Crippen molar-refractivity contribution in [2.45, 2.75) is 13.8 Å². The second kappa shape index (κ2) is 9.19. The van der Waals surface area contributed by atoms with Crippen molar-refractivity contribution in [3.8, 4) is 17.2 Å². The van der Waals surface area contributed by atoms with Gasteiger partial charge in [-0.15, -0.1) is 0 Å². The highest BCUT2D eigenvalue weighted by molar-refractivity contribution is 7.15. The lowest BCUT2D eigenvalue weighted by Gasteiger charge is -2.14. The lowest BCUT2D eigenvalue weighted by atomic mass is 10.1. The van der Waals surface area contributed by atoms with Gasteiger partial charge in [0.15, 0.2) is 16.5 Å². The summed E-state index contributed by atoms with van der Waals surface area (Å²) < 4.78 is 19.6. The van der Waals surface area contributed by atoms with E-state index < -0.39 is 0 Å². The van der Waals surface area contributed by atoms with Crippen LogP contribution in [0.5, 0.6) is 17.2 Å². The molecule has 5 rings (SSSR count). The molecule has 6 nitrogen and oxygen atoms in total. The third-order valence-electron chi connectivity index (χ3n) is 5.63. The SMILES string of the molecule is COc1cc(/C=c2\sc3nc4ccccc4n3c2=O)ccc1OCCOc1c(C)cccc1C. The molecule has 0 spiro atoms. The Balaban J connectivity index is 1.34. The average molecular weight is 473 g/mol. The summed E-state index contributed by atoms with van der Waals surface area (Å²) in [6, 6.07) is 19.3. The molecule has 0 radical (unpaired) electrons. The van der Waals surface area contributed by atoms with E-state index in [0.717, 1.165) is 33.5 Å². The molecule has 0 saturated heterocycles. The van der Waals surface area contributed by atoms with Crippen LogP contribution in [0.15, 0.2) is 65.5 Å². The number of aromatic nitrogens is 2. The molecular weight excluding hydrogens is 448 g/mol. The molecule has 0 aliphatic rings. The van der Waals surface area contributed by atoms with Crippen molar-refractivity contribution in [1.82, 2.24) is 9.38 Å². The molecule has 3 aromatic carbocycles. The van der Waals surface area contributed by atoms with Crippen LogP contribution in [0.1, 0.15) is 16.7 Å². The van der Waals surface area contributed by atoms with Crippen molar-refractivity contribution >= 4 is 33.4 Å². The van der Waals surface area contributed by atoms with Gasteiger partial charge in [0.2, 0.25) is 0 Å². The van der Waals surface area contributed by atoms with Gasteiger partial charge in [-0.3, -0.25) is 4.79 Å². The summed E-state index contributed by atoms with van der Waals surface area (Å²) in [4.78, 5) is 18.3. The number of rotatable bonds is 7. The van der Waals surface area contributed by atoms with Crippen molar-refractivity contribution < 1.29 is 14.2 Å². The van der Waals surface area contributed by atoms with E-state index in [0.29, 0.717) is 34.2 Å². The lowest BCUT2D eigenvalue weighted by Crippen LogP contribution is -2.22. The Morgan fingerprint density at radius 1 is 0.941 bits per heavy atom. The Bertz CT molecular complexity index is 1580. The molecule has 0 unspecified atom stereocenters. The molecule has 0 amide bonds. The van der Waals surface area contributed by atoms with E-state index in [4.69, 9.17) is 14.2 Å². The van der Waals surface area contributed by atoms with Gasteiger partial charge in [0.25, 0.3) is 5.56 Å². The topological polar surface area (TPSA) is 62.1 Å². The predicted molar refractivity (Wildman–Crippen MR) is 136 cm³/mol. The number of para-hydroxylation sites is 3. The summed E-state index contributed by atoms with van der Waals surface area (Å²) in [6.45, 7) is 4.86. The molecule has 0 N–H and O–H groups in total. The van der Waals surface area contributed by atoms with E-state index in [1.54, 1.807) is 11.5 Å². The number of fused-ring (bicyclic) bond motifs is 3. The first-order valence-electron chi connectivity index (χ1n) is 11.0. The third-order valence-corrected chi connectivity index (χ3v) is 6.60. The molecule has 2 aromatic heterocycles. The van der Waals surface area contributed by atoms with Gasteiger partial charge in [0.1, 0.15) is 19.0 Å². The van der Waals surface area contributed by atoms with Crippen molar-refractivity contribution in [2.24, 2.45) is 0 Å². The van der Waals surface area contributed by atoms with Gasteiger partial charge in [-0.05, 0) is 60.9 Å². The van der Waals surface area contributed by atoms with E-state index >= 15 is 0 Å². The number of hydrogen-bond donors (Lipinski definition) is 0. The molecule has 0 aliphatic heterocycles. The predicted octanol–water partition coefficient (Wildman–Crippen LogP) is 4.54. The molecule has 0 fully saturated rings. The molecule has 0 bridgehead atoms. The van der Waals surface area contributed by atoms with Crippen LogP contribution in [0.25, 0.3) is 22.1 Å². The Kier molecular flexibility index (Phi) is 5.94. The number of hydrogen-bond acceptors (Lipinski definition) is 6. The van der Waals surface area contributed by atoms with Crippen molar-refractivity contribution in [2.75, 3.05) is 20.3 Å². The zero-order valence-electron chi connectivity index (χ0n) is 19.2. The molecular formula is C27H24N2O4S. The highest BCUT2D eigenvalue weighted by Crippen LogP contribution is 2.29. The Labute approximate surface area is 200 Å². The van der Waals surface area contributed by atoms with Gasteiger partial charge in [-0.1, -0.05) is 47.7 Å². The molecule has 0 aliphatic carbocycles. The number of methoxy groups -OCH3 is 1. The summed E-state index contributed by atoms with van der Waals surface area (Å²) in [7, 11) is 1.60. The van der Waals surface area contributed by atoms with Crippen LogP contribution in [0.3, 0.4) is 0 Å². The number of ether oxygens (including phenoxy) is 3. The van der Waals surface area contributed by atoms with Gasteiger partial charge in [0, 0.05) is 0 Å². The third kappa shape index (κ3) is 4.10. The van der Waals surface area contributed by atoms with Crippen LogP contribution in [0.4, 0.5) is 0 Å². The summed E-state index contributed by atoms with van der Waals surface area (Å²) in [5.74, 6) is 2.12. The van der Waals surface area contributed by atoms with E-state index in [9.17, 15) is 4.79 Å². The van der Waals surface area contributed by atoms with Crippen LogP contribution >= 0.6 is 11.3 Å². The van der Waals surface area contributed by atoms with Crippen LogP contribution in [-0.4, -0.2) is 29.7 Å². The van der Waals surface area contributed by atoms with Crippen LogP contribution < -0.4 is 24.3 Å². The van der Waals surface area contributed by atoms with Gasteiger partial charge in [-0.2, -0.15) is 0 Å². The first-order valence-corrected chi connectivity index (χ1v) is 11.8. The summed E-state index contributed by atoms with van der Waals surface area (Å²) in [5, 5.41) is 0. The molecule has 0 saturated carbocycles. The summed E-state index contributed by atoms with van der Waals surface area (Å²) in [6.07, 6.45) is 1.85. The normalized spacial score (nSPS) is 11.9. The van der Waals surface area contributed by atoms with Crippen LogP contribution in [0, 0.1) is 13.8 Å². The average Bonchev–Trinajstić information content (AvgIpc) is 3.34. The number of aryl methyl sites for hydroxylation is 2. The largest absolute Gasteiger partial charge is 0.493 e. The maximum atomic E-state index is 13.0. The van der Waals surface area contributed by atoms with Gasteiger partial charge in [-0.25, -0.2) is 9.38 Å². The zero-order valence-corrected chi connectivity index (χ0v) is 20.0. The zero-order chi connectivity index (χ0) is 23.7. The first-order chi connectivity index (χ1) is 16.5. The fourth-order valence-corrected chi connectivity index (χ4v) is 4.97. The Morgan fingerprint density at radius 2 is 1.71 bits per heavy atom. The van der Waals surface area contributed by atoms with E-state index in [1.165, 1.54) is 11.3 Å². The molecule has 34 heavy (non-hydrogen) atoms. The second-order valence-corrected chi connectivity index (χ2v) is 8.97. The Morgan fingerprint density at radius 3 is 2.50 bits per heavy atom. The monoisotopic (exact) mass is 472 g/mol. The van der Waals surface area contributed by atoms with E-state index in [2.05, 4.69) is 4.98 Å². The van der Waals surface area contributed by atoms with Gasteiger partial charge < -0.3 is 14.2 Å². The minimum Gasteiger partial charge on any atom is -0.493 e. The summed E-state index contributed by atoms with van der Waals surface area (Å²) in [5.41, 5.74) is 4.62. The minimum atomic E-state index is -0.0726. The quantitative estimate of drug-likeness (QED) is 0.326. The van der Waals surface area contributed by atoms with Crippen molar-refractivity contribution in [3.05, 3.63) is 92.2 Å². The minimum absolute atomic E-state index is 0.0726. The van der Waals surface area contributed by atoms with Gasteiger partial charge >= 0.3 is 0 Å². The number of benzene rings is 3. The van der Waals surface area contributed by atoms with E-state index in [1.807, 2.05) is 80.6 Å². The highest BCUT2D eigenvalue weighted by atomic mass is 32.1. The maximum absolute atomic E-state index is 13.0. The fourth-order valence-electron chi connectivity index (χ4n) is 3.98. The van der Waals surface area contributed by atoms with Crippen molar-refractivity contribution in [3.63, 3.8) is 0 Å². The molecule has 7 heteroatoms. The fraction of sp³-hybridized carbons (Fsp3) is 0.185. The summed E-state index contributed by atoms with van der Waals surface area (Å²) >= 11 is 1.37. The van der Waals surface area contributed by atoms with E-state index in [-0.39, 0.29) is 5.56 Å². The van der Waals surface area contributed by atoms with Crippen LogP contribution in [0.2, 0.25) is 0 Å². The standard InChI is InChI=1S/C27H24N2O4S/c1-17-7-6-8-18(2)25(17)33-14-13-32-22-12-11-19(15-23(22)31-3)16-24-26(30)29-21-10-5-4-9-20(21)28-27(29)34-24/h4-12,15-16H,13-14H2,1-3H3/b24-16-. The first kappa shape index (κ1) is 22.0. The van der Waals surface area contributed by atoms with Crippen LogP contribution in [-0.2, 0) is 0 Å². The smallest absolute Gasteiger partial charge is 0.274 e. The number of nitrogens with zero attached hydrogens (tertiary/aromatic N) is 2. The number of imidazole rings is 1. The molecule has 2 heterocycles. The second-order valence-electron chi connectivity index (χ2n) is 7.96. The Hall–Kier alpha value is -3.84. The highest BCUT2D eigenvalue weighted by Gasteiger charge is 2.11. The number of thiazole rings is 1. The van der Waals surface area contributed by atoms with Gasteiger partial charge in [0.05, 0.1) is 22.7 Å². The van der Waals surface area contributed by atoms with Crippen molar-refractivity contribution in [1.29, 1.82) is 0 Å². The molecule has 0 atom stereocenters.